The molecule has 0 amide bonds. The molecule has 3 aromatic rings. The molecule has 206 valence electrons. The topological polar surface area (TPSA) is 79.2 Å². The average molecular weight is 593 g/mol. The first-order chi connectivity index (χ1) is 18.9. The number of rotatable bonds is 8. The van der Waals surface area contributed by atoms with E-state index in [1.807, 2.05) is 91.0 Å². The highest BCUT2D eigenvalue weighted by Gasteiger charge is 2.53. The quantitative estimate of drug-likeness (QED) is 0.186. The largest absolute Gasteiger partial charge is 0.445 e. The van der Waals surface area contributed by atoms with E-state index in [2.05, 4.69) is 0 Å². The van der Waals surface area contributed by atoms with E-state index in [9.17, 15) is 0 Å². The van der Waals surface area contributed by atoms with Gasteiger partial charge in [-0.1, -0.05) is 126 Å². The third kappa shape index (κ3) is 7.31. The summed E-state index contributed by atoms with van der Waals surface area (Å²) in [6.07, 6.45) is -4.41. The van der Waals surface area contributed by atoms with Crippen molar-refractivity contribution in [3.05, 3.63) is 108 Å². The highest BCUT2D eigenvalue weighted by atomic mass is 35.6. The Kier molecular flexibility index (Phi) is 9.43. The second-order valence-electron chi connectivity index (χ2n) is 9.19. The molecule has 2 heterocycles. The summed E-state index contributed by atoms with van der Waals surface area (Å²) in [5.74, 6) is -0.592. The molecule has 2 saturated heterocycles. The van der Waals surface area contributed by atoms with Gasteiger partial charge >= 0.3 is 0 Å². The van der Waals surface area contributed by atoms with E-state index in [1.165, 1.54) is 0 Å². The first-order valence-electron chi connectivity index (χ1n) is 12.5. The first-order valence-corrected chi connectivity index (χ1v) is 13.6. The van der Waals surface area contributed by atoms with Gasteiger partial charge in [-0.2, -0.15) is 0 Å². The lowest BCUT2D eigenvalue weighted by Gasteiger charge is -2.48. The minimum Gasteiger partial charge on any atom is -0.445 e. The van der Waals surface area contributed by atoms with E-state index in [1.54, 1.807) is 0 Å². The van der Waals surface area contributed by atoms with Gasteiger partial charge in [0.2, 0.25) is 12.2 Å². The molecule has 0 bridgehead atoms. The van der Waals surface area contributed by atoms with Crippen LogP contribution in [-0.4, -0.2) is 47.0 Å². The summed E-state index contributed by atoms with van der Waals surface area (Å²) >= 11 is 17.8. The summed E-state index contributed by atoms with van der Waals surface area (Å²) in [6.45, 7) is 0.716. The van der Waals surface area contributed by atoms with Crippen LogP contribution in [0, 0.1) is 5.41 Å². The highest BCUT2D eigenvalue weighted by molar-refractivity contribution is 6.76. The van der Waals surface area contributed by atoms with Crippen molar-refractivity contribution in [2.45, 2.75) is 54.0 Å². The van der Waals surface area contributed by atoms with E-state index in [-0.39, 0.29) is 19.8 Å². The van der Waals surface area contributed by atoms with Crippen molar-refractivity contribution in [2.75, 3.05) is 6.61 Å². The number of fused-ring (bicyclic) bond motifs is 1. The molecule has 2 fully saturated rings. The van der Waals surface area contributed by atoms with E-state index in [0.717, 1.165) is 16.7 Å². The Morgan fingerprint density at radius 3 is 1.87 bits per heavy atom. The maximum Gasteiger partial charge on any atom is 0.265 e. The van der Waals surface area contributed by atoms with Crippen LogP contribution in [-0.2, 0) is 41.6 Å². The lowest BCUT2D eigenvalue weighted by Crippen LogP contribution is -2.64. The minimum absolute atomic E-state index is 0.196. The Morgan fingerprint density at radius 1 is 0.769 bits per heavy atom. The fraction of sp³-hybridized carbons (Fsp3) is 0.345. The zero-order valence-electron chi connectivity index (χ0n) is 20.8. The van der Waals surface area contributed by atoms with Crippen molar-refractivity contribution >= 4 is 40.7 Å². The second kappa shape index (κ2) is 13.0. The van der Waals surface area contributed by atoms with Crippen LogP contribution in [0.15, 0.2) is 91.0 Å². The smallest absolute Gasteiger partial charge is 0.265 e. The standard InChI is InChI=1S/C29H28Cl3NO6/c30-29(31,32)28(33)39-27-25(35-17-20-12-6-2-7-13-20)24(34-16-19-10-4-1-5-11-19)23-22(37-27)18-36-26(38-23)21-14-8-3-9-15-21/h1-15,22-27,33H,16-18H2/t22-,23+,24+,25-,26?,27-/m1/s1. The van der Waals surface area contributed by atoms with Crippen LogP contribution in [0.2, 0.25) is 0 Å². The predicted molar refractivity (Wildman–Crippen MR) is 148 cm³/mol. The molecule has 10 heteroatoms. The molecule has 0 radical (unpaired) electrons. The zero-order chi connectivity index (χ0) is 27.2. The molecule has 7 nitrogen and oxygen atoms in total. The van der Waals surface area contributed by atoms with Crippen molar-refractivity contribution in [1.29, 1.82) is 5.41 Å². The van der Waals surface area contributed by atoms with Crippen LogP contribution in [0.1, 0.15) is 23.0 Å². The number of benzene rings is 3. The van der Waals surface area contributed by atoms with Gasteiger partial charge in [0, 0.05) is 5.56 Å². The van der Waals surface area contributed by atoms with Gasteiger partial charge in [-0.3, -0.25) is 5.41 Å². The fourth-order valence-corrected chi connectivity index (χ4v) is 4.64. The lowest BCUT2D eigenvalue weighted by atomic mass is 9.97. The van der Waals surface area contributed by atoms with Crippen LogP contribution in [0.4, 0.5) is 0 Å². The molecule has 0 saturated carbocycles. The SMILES string of the molecule is N=C(O[C@H]1O[C@@H]2COC(c3ccccc3)O[C@@H]2[C@H](OCc2ccccc2)[C@H]1OCc1ccccc1)C(Cl)(Cl)Cl. The van der Waals surface area contributed by atoms with Gasteiger partial charge in [0.1, 0.15) is 24.4 Å². The number of alkyl halides is 3. The normalized spacial score (nSPS) is 26.9. The summed E-state index contributed by atoms with van der Waals surface area (Å²) in [4.78, 5) is 0. The number of halogens is 3. The first kappa shape index (κ1) is 28.3. The molecular formula is C29H28Cl3NO6. The summed E-state index contributed by atoms with van der Waals surface area (Å²) in [7, 11) is 0. The van der Waals surface area contributed by atoms with Crippen LogP contribution in [0.3, 0.4) is 0 Å². The van der Waals surface area contributed by atoms with Gasteiger partial charge in [0.15, 0.2) is 6.29 Å². The minimum atomic E-state index is -2.08. The lowest BCUT2D eigenvalue weighted by molar-refractivity contribution is -0.363. The van der Waals surface area contributed by atoms with E-state index in [0.29, 0.717) is 0 Å². The Morgan fingerprint density at radius 2 is 1.31 bits per heavy atom. The van der Waals surface area contributed by atoms with Crippen molar-refractivity contribution < 1.29 is 28.4 Å². The van der Waals surface area contributed by atoms with Gasteiger partial charge in [0.05, 0.1) is 19.8 Å². The Bertz CT molecular complexity index is 1200. The molecule has 0 aromatic heterocycles. The third-order valence-corrected chi connectivity index (χ3v) is 6.93. The Balaban J connectivity index is 1.44. The summed E-state index contributed by atoms with van der Waals surface area (Å²) in [6, 6.07) is 29.1. The van der Waals surface area contributed by atoms with Gasteiger partial charge in [-0.15, -0.1) is 0 Å². The molecule has 5 rings (SSSR count). The Labute approximate surface area is 242 Å². The molecule has 2 aliphatic rings. The average Bonchev–Trinajstić information content (AvgIpc) is 2.96. The number of ether oxygens (including phenoxy) is 6. The van der Waals surface area contributed by atoms with E-state index in [4.69, 9.17) is 68.6 Å². The van der Waals surface area contributed by atoms with Gasteiger partial charge in [-0.05, 0) is 11.1 Å². The molecule has 0 spiro atoms. The molecule has 39 heavy (non-hydrogen) atoms. The number of nitrogens with one attached hydrogen (secondary N) is 1. The summed E-state index contributed by atoms with van der Waals surface area (Å²) < 4.78 is 35.2. The molecule has 2 aliphatic heterocycles. The molecule has 1 unspecified atom stereocenters. The van der Waals surface area contributed by atoms with Crippen LogP contribution >= 0.6 is 34.8 Å². The molecule has 6 atom stereocenters. The molecule has 0 aliphatic carbocycles. The second-order valence-corrected chi connectivity index (χ2v) is 11.5. The predicted octanol–water partition coefficient (Wildman–Crippen LogP) is 6.36. The van der Waals surface area contributed by atoms with Crippen molar-refractivity contribution in [3.63, 3.8) is 0 Å². The van der Waals surface area contributed by atoms with Gasteiger partial charge in [0.25, 0.3) is 3.79 Å². The maximum absolute atomic E-state index is 8.18. The molecule has 1 N–H and O–H groups in total. The van der Waals surface area contributed by atoms with Crippen molar-refractivity contribution in [3.8, 4) is 0 Å². The van der Waals surface area contributed by atoms with Crippen molar-refractivity contribution in [1.82, 2.24) is 0 Å². The number of hydrogen-bond acceptors (Lipinski definition) is 7. The van der Waals surface area contributed by atoms with Crippen LogP contribution in [0.25, 0.3) is 0 Å². The van der Waals surface area contributed by atoms with E-state index >= 15 is 0 Å². The maximum atomic E-state index is 8.18. The number of hydrogen-bond donors (Lipinski definition) is 1. The summed E-state index contributed by atoms with van der Waals surface area (Å²) in [5.41, 5.74) is 2.78. The van der Waals surface area contributed by atoms with Crippen molar-refractivity contribution in [2.24, 2.45) is 0 Å². The van der Waals surface area contributed by atoms with Crippen LogP contribution < -0.4 is 0 Å². The van der Waals surface area contributed by atoms with Gasteiger partial charge in [-0.25, -0.2) is 0 Å². The fourth-order valence-electron chi connectivity index (χ4n) is 4.50. The monoisotopic (exact) mass is 591 g/mol. The zero-order valence-corrected chi connectivity index (χ0v) is 23.1. The van der Waals surface area contributed by atoms with E-state index < -0.39 is 46.7 Å². The van der Waals surface area contributed by atoms with Gasteiger partial charge < -0.3 is 28.4 Å². The summed E-state index contributed by atoms with van der Waals surface area (Å²) in [5, 5.41) is 8.18. The highest BCUT2D eigenvalue weighted by Crippen LogP contribution is 2.38. The molecular weight excluding hydrogens is 565 g/mol. The van der Waals surface area contributed by atoms with Crippen LogP contribution in [0.5, 0.6) is 0 Å². The molecule has 3 aromatic carbocycles. The Hall–Kier alpha value is -2.20. The third-order valence-electron chi connectivity index (χ3n) is 6.42.